The van der Waals surface area contributed by atoms with Crippen LogP contribution in [0.3, 0.4) is 0 Å². The molecule has 1 N–H and O–H groups in total. The van der Waals surface area contributed by atoms with Gasteiger partial charge >= 0.3 is 0 Å². The van der Waals surface area contributed by atoms with Crippen molar-refractivity contribution >= 4 is 5.91 Å². The number of hydrogen-bond donors (Lipinski definition) is 1. The molecule has 0 saturated carbocycles. The van der Waals surface area contributed by atoms with Crippen molar-refractivity contribution in [2.45, 2.75) is 13.8 Å². The SMILES string of the molecule is CC1(C)/C(=C\C(=O)N2CCOCC2)OCC1CO. The first kappa shape index (κ1) is 13.4. The Morgan fingerprint density at radius 1 is 1.50 bits per heavy atom. The molecule has 1 atom stereocenters. The highest BCUT2D eigenvalue weighted by molar-refractivity contribution is 5.88. The van der Waals surface area contributed by atoms with Crippen molar-refractivity contribution in [2.75, 3.05) is 39.5 Å². The quantitative estimate of drug-likeness (QED) is 0.725. The number of aliphatic hydroxyl groups excluding tert-OH is 1. The molecule has 2 saturated heterocycles. The van der Waals surface area contributed by atoms with Crippen LogP contribution in [-0.2, 0) is 14.3 Å². The second kappa shape index (κ2) is 5.28. The molecule has 18 heavy (non-hydrogen) atoms. The fourth-order valence-electron chi connectivity index (χ4n) is 2.28. The van der Waals surface area contributed by atoms with Gasteiger partial charge in [-0.2, -0.15) is 0 Å². The zero-order valence-corrected chi connectivity index (χ0v) is 11.0. The normalized spacial score (nSPS) is 29.4. The molecule has 0 aromatic carbocycles. The molecule has 5 nitrogen and oxygen atoms in total. The average Bonchev–Trinajstić information content (AvgIpc) is 2.65. The lowest BCUT2D eigenvalue weighted by Gasteiger charge is -2.27. The Bertz CT molecular complexity index is 345. The second-order valence-electron chi connectivity index (χ2n) is 5.36. The van der Waals surface area contributed by atoms with E-state index in [1.54, 1.807) is 11.0 Å². The summed E-state index contributed by atoms with van der Waals surface area (Å²) in [4.78, 5) is 13.9. The maximum absolute atomic E-state index is 12.1. The number of hydrogen-bond acceptors (Lipinski definition) is 4. The van der Waals surface area contributed by atoms with Crippen LogP contribution in [0.25, 0.3) is 0 Å². The van der Waals surface area contributed by atoms with Gasteiger partial charge in [0.15, 0.2) is 0 Å². The number of carbonyl (C=O) groups excluding carboxylic acids is 1. The molecule has 2 fully saturated rings. The Morgan fingerprint density at radius 2 is 2.17 bits per heavy atom. The number of rotatable bonds is 2. The molecule has 0 bridgehead atoms. The van der Waals surface area contributed by atoms with E-state index in [4.69, 9.17) is 9.47 Å². The van der Waals surface area contributed by atoms with E-state index in [1.807, 2.05) is 13.8 Å². The molecule has 2 heterocycles. The number of morpholine rings is 1. The van der Waals surface area contributed by atoms with Gasteiger partial charge < -0.3 is 19.5 Å². The van der Waals surface area contributed by atoms with Crippen molar-refractivity contribution < 1.29 is 19.4 Å². The molecule has 0 aromatic heterocycles. The van der Waals surface area contributed by atoms with Crippen molar-refractivity contribution in [1.82, 2.24) is 4.90 Å². The van der Waals surface area contributed by atoms with Crippen LogP contribution in [0.1, 0.15) is 13.8 Å². The maximum atomic E-state index is 12.1. The van der Waals surface area contributed by atoms with Crippen LogP contribution in [0.5, 0.6) is 0 Å². The third-order valence-corrected chi connectivity index (χ3v) is 3.89. The lowest BCUT2D eigenvalue weighted by Crippen LogP contribution is -2.40. The number of ether oxygens (including phenoxy) is 2. The number of nitrogens with zero attached hydrogens (tertiary/aromatic N) is 1. The highest BCUT2D eigenvalue weighted by Crippen LogP contribution is 2.41. The third kappa shape index (κ3) is 2.52. The minimum atomic E-state index is -0.281. The molecule has 0 radical (unpaired) electrons. The van der Waals surface area contributed by atoms with Crippen LogP contribution in [0.2, 0.25) is 0 Å². The Kier molecular flexibility index (Phi) is 3.92. The van der Waals surface area contributed by atoms with Crippen molar-refractivity contribution in [3.63, 3.8) is 0 Å². The van der Waals surface area contributed by atoms with E-state index >= 15 is 0 Å². The molecular formula is C13H21NO4. The van der Waals surface area contributed by atoms with E-state index < -0.39 is 0 Å². The van der Waals surface area contributed by atoms with Gasteiger partial charge in [-0.25, -0.2) is 0 Å². The predicted molar refractivity (Wildman–Crippen MR) is 65.8 cm³/mol. The van der Waals surface area contributed by atoms with E-state index in [9.17, 15) is 9.90 Å². The van der Waals surface area contributed by atoms with Gasteiger partial charge in [0.2, 0.25) is 5.91 Å². The molecular weight excluding hydrogens is 234 g/mol. The minimum Gasteiger partial charge on any atom is -0.497 e. The largest absolute Gasteiger partial charge is 0.497 e. The second-order valence-corrected chi connectivity index (χ2v) is 5.36. The summed E-state index contributed by atoms with van der Waals surface area (Å²) in [5.74, 6) is 0.708. The topological polar surface area (TPSA) is 59.0 Å². The number of carbonyl (C=O) groups is 1. The van der Waals surface area contributed by atoms with Gasteiger partial charge in [0, 0.05) is 30.5 Å². The summed E-state index contributed by atoms with van der Waals surface area (Å²) in [6, 6.07) is 0. The molecule has 1 unspecified atom stereocenters. The molecule has 102 valence electrons. The van der Waals surface area contributed by atoms with Gasteiger partial charge in [0.25, 0.3) is 0 Å². The predicted octanol–water partition coefficient (Wildman–Crippen LogP) is 0.394. The van der Waals surface area contributed by atoms with Crippen molar-refractivity contribution in [3.8, 4) is 0 Å². The summed E-state index contributed by atoms with van der Waals surface area (Å²) in [5, 5.41) is 9.28. The van der Waals surface area contributed by atoms with Crippen LogP contribution in [0.4, 0.5) is 0 Å². The van der Waals surface area contributed by atoms with E-state index in [2.05, 4.69) is 0 Å². The maximum Gasteiger partial charge on any atom is 0.250 e. The Morgan fingerprint density at radius 3 is 2.72 bits per heavy atom. The highest BCUT2D eigenvalue weighted by atomic mass is 16.5. The fourth-order valence-corrected chi connectivity index (χ4v) is 2.28. The molecule has 5 heteroatoms. The van der Waals surface area contributed by atoms with Gasteiger partial charge in [-0.05, 0) is 0 Å². The summed E-state index contributed by atoms with van der Waals surface area (Å²) < 4.78 is 10.8. The van der Waals surface area contributed by atoms with Crippen molar-refractivity contribution in [3.05, 3.63) is 11.8 Å². The van der Waals surface area contributed by atoms with Gasteiger partial charge in [-0.1, -0.05) is 13.8 Å². The highest BCUT2D eigenvalue weighted by Gasteiger charge is 2.41. The van der Waals surface area contributed by atoms with Gasteiger partial charge in [0.05, 0.1) is 26.4 Å². The molecule has 0 spiro atoms. The van der Waals surface area contributed by atoms with E-state index in [1.165, 1.54) is 0 Å². The number of allylic oxidation sites excluding steroid dienone is 1. The smallest absolute Gasteiger partial charge is 0.250 e. The monoisotopic (exact) mass is 255 g/mol. The molecule has 2 aliphatic heterocycles. The first-order valence-corrected chi connectivity index (χ1v) is 6.38. The molecule has 0 aliphatic carbocycles. The standard InChI is InChI=1S/C13H21NO4/c1-13(2)10(8-15)9-18-11(13)7-12(16)14-3-5-17-6-4-14/h7,10,15H,3-6,8-9H2,1-2H3/b11-7+. The molecule has 2 rings (SSSR count). The fraction of sp³-hybridized carbons (Fsp3) is 0.769. The summed E-state index contributed by atoms with van der Waals surface area (Å²) in [5.41, 5.74) is -0.281. The molecule has 2 aliphatic rings. The van der Waals surface area contributed by atoms with Gasteiger partial charge in [0.1, 0.15) is 5.76 Å². The molecule has 0 aromatic rings. The summed E-state index contributed by atoms with van der Waals surface area (Å²) >= 11 is 0. The van der Waals surface area contributed by atoms with E-state index in [0.717, 1.165) is 0 Å². The number of amides is 1. The van der Waals surface area contributed by atoms with E-state index in [-0.39, 0.29) is 23.8 Å². The average molecular weight is 255 g/mol. The van der Waals surface area contributed by atoms with Gasteiger partial charge in [-0.3, -0.25) is 4.79 Å². The minimum absolute atomic E-state index is 0.0278. The van der Waals surface area contributed by atoms with Crippen molar-refractivity contribution in [2.24, 2.45) is 11.3 Å². The third-order valence-electron chi connectivity index (χ3n) is 3.89. The number of aliphatic hydroxyl groups is 1. The van der Waals surface area contributed by atoms with Crippen LogP contribution in [-0.4, -0.2) is 55.4 Å². The van der Waals surface area contributed by atoms with E-state index in [0.29, 0.717) is 38.7 Å². The molecule has 1 amide bonds. The Hall–Kier alpha value is -1.07. The Labute approximate surface area is 107 Å². The lowest BCUT2D eigenvalue weighted by molar-refractivity contribution is -0.130. The summed E-state index contributed by atoms with van der Waals surface area (Å²) in [6.45, 7) is 7.01. The van der Waals surface area contributed by atoms with Crippen LogP contribution in [0.15, 0.2) is 11.8 Å². The van der Waals surface area contributed by atoms with Crippen LogP contribution < -0.4 is 0 Å². The zero-order chi connectivity index (χ0) is 13.2. The van der Waals surface area contributed by atoms with Crippen LogP contribution in [0, 0.1) is 11.3 Å². The lowest BCUT2D eigenvalue weighted by atomic mass is 9.80. The van der Waals surface area contributed by atoms with Crippen LogP contribution >= 0.6 is 0 Å². The first-order chi connectivity index (χ1) is 8.55. The van der Waals surface area contributed by atoms with Crippen molar-refractivity contribution in [1.29, 1.82) is 0 Å². The first-order valence-electron chi connectivity index (χ1n) is 6.38. The summed E-state index contributed by atoms with van der Waals surface area (Å²) in [6.07, 6.45) is 1.57. The summed E-state index contributed by atoms with van der Waals surface area (Å²) in [7, 11) is 0. The van der Waals surface area contributed by atoms with Gasteiger partial charge in [-0.15, -0.1) is 0 Å². The Balaban J connectivity index is 2.06. The zero-order valence-electron chi connectivity index (χ0n) is 11.0.